The van der Waals surface area contributed by atoms with Gasteiger partial charge in [-0.15, -0.1) is 11.3 Å². The molecule has 1 aromatic rings. The molecule has 1 aliphatic rings. The molecular weight excluding hydrogens is 298 g/mol. The fourth-order valence-electron chi connectivity index (χ4n) is 2.00. The van der Waals surface area contributed by atoms with Gasteiger partial charge in [0.2, 0.25) is 0 Å². The predicted molar refractivity (Wildman–Crippen MR) is 76.2 cm³/mol. The Morgan fingerprint density at radius 1 is 1.53 bits per heavy atom. The maximum Gasteiger partial charge on any atom is 0.0935 e. The van der Waals surface area contributed by atoms with Gasteiger partial charge in [-0.05, 0) is 6.42 Å². The Labute approximate surface area is 116 Å². The lowest BCUT2D eigenvalue weighted by Gasteiger charge is -2.23. The minimum Gasteiger partial charge on any atom is -0.381 e. The molecular formula is C13H20BrNOS. The Morgan fingerprint density at radius 2 is 2.29 bits per heavy atom. The number of hydrogen-bond donors (Lipinski definition) is 0. The maximum atomic E-state index is 5.54. The third kappa shape index (κ3) is 3.09. The van der Waals surface area contributed by atoms with Crippen LogP contribution in [0.1, 0.15) is 37.9 Å². The molecule has 2 nitrogen and oxygen atoms in total. The first-order chi connectivity index (χ1) is 7.95. The standard InChI is InChI=1S/C13H20BrNOS/c1-12(2,3)10-7-17-11(15-10)6-13(8-14)4-5-16-9-13/h7H,4-6,8-9H2,1-3H3. The van der Waals surface area contributed by atoms with E-state index in [1.54, 1.807) is 11.3 Å². The van der Waals surface area contributed by atoms with Crippen LogP contribution in [0.3, 0.4) is 0 Å². The molecule has 1 saturated heterocycles. The highest BCUT2D eigenvalue weighted by Gasteiger charge is 2.35. The topological polar surface area (TPSA) is 22.1 Å². The maximum absolute atomic E-state index is 5.54. The van der Waals surface area contributed by atoms with Gasteiger partial charge in [-0.25, -0.2) is 4.98 Å². The van der Waals surface area contributed by atoms with Crippen molar-refractivity contribution >= 4 is 27.3 Å². The Kier molecular flexibility index (Phi) is 3.96. The summed E-state index contributed by atoms with van der Waals surface area (Å²) in [4.78, 5) is 4.78. The van der Waals surface area contributed by atoms with E-state index in [0.29, 0.717) is 0 Å². The number of hydrogen-bond acceptors (Lipinski definition) is 3. The van der Waals surface area contributed by atoms with Crippen LogP contribution in [0.2, 0.25) is 0 Å². The molecule has 0 bridgehead atoms. The molecule has 0 radical (unpaired) electrons. The fourth-order valence-corrected chi connectivity index (χ4v) is 3.83. The van der Waals surface area contributed by atoms with Crippen LogP contribution in [-0.2, 0) is 16.6 Å². The summed E-state index contributed by atoms with van der Waals surface area (Å²) in [7, 11) is 0. The molecule has 96 valence electrons. The van der Waals surface area contributed by atoms with E-state index in [9.17, 15) is 0 Å². The third-order valence-electron chi connectivity index (χ3n) is 3.31. The van der Waals surface area contributed by atoms with E-state index in [1.165, 1.54) is 10.7 Å². The van der Waals surface area contributed by atoms with Crippen LogP contribution in [0.15, 0.2) is 5.38 Å². The van der Waals surface area contributed by atoms with Crippen molar-refractivity contribution in [2.45, 2.75) is 39.0 Å². The number of ether oxygens (including phenoxy) is 1. The van der Waals surface area contributed by atoms with Crippen LogP contribution in [0, 0.1) is 5.41 Å². The molecule has 0 saturated carbocycles. The van der Waals surface area contributed by atoms with Gasteiger partial charge in [0.25, 0.3) is 0 Å². The highest BCUT2D eigenvalue weighted by Crippen LogP contribution is 2.36. The molecule has 2 heterocycles. The molecule has 0 aromatic carbocycles. The number of aromatic nitrogens is 1. The molecule has 0 spiro atoms. The van der Waals surface area contributed by atoms with Crippen LogP contribution in [-0.4, -0.2) is 23.5 Å². The average Bonchev–Trinajstić information content (AvgIpc) is 2.87. The van der Waals surface area contributed by atoms with E-state index < -0.39 is 0 Å². The van der Waals surface area contributed by atoms with Crippen molar-refractivity contribution in [1.82, 2.24) is 4.98 Å². The zero-order chi connectivity index (χ0) is 12.5. The Hall–Kier alpha value is 0.0700. The Morgan fingerprint density at radius 3 is 2.76 bits per heavy atom. The van der Waals surface area contributed by atoms with Gasteiger partial charge in [-0.3, -0.25) is 0 Å². The lowest BCUT2D eigenvalue weighted by Crippen LogP contribution is -2.26. The second-order valence-corrected chi connectivity index (χ2v) is 7.49. The van der Waals surface area contributed by atoms with Crippen molar-refractivity contribution in [3.8, 4) is 0 Å². The van der Waals surface area contributed by atoms with Crippen molar-refractivity contribution in [2.75, 3.05) is 18.5 Å². The Bertz CT molecular complexity index is 377. The molecule has 0 amide bonds. The van der Waals surface area contributed by atoms with Gasteiger partial charge in [-0.2, -0.15) is 0 Å². The second kappa shape index (κ2) is 4.98. The predicted octanol–water partition coefficient (Wildman–Crippen LogP) is 3.78. The molecule has 2 rings (SSSR count). The molecule has 1 unspecified atom stereocenters. The fraction of sp³-hybridized carbons (Fsp3) is 0.769. The van der Waals surface area contributed by atoms with Crippen molar-refractivity contribution in [1.29, 1.82) is 0 Å². The largest absolute Gasteiger partial charge is 0.381 e. The van der Waals surface area contributed by atoms with Crippen LogP contribution >= 0.6 is 27.3 Å². The van der Waals surface area contributed by atoms with Crippen LogP contribution in [0.25, 0.3) is 0 Å². The Balaban J connectivity index is 2.11. The minimum atomic E-state index is 0.155. The van der Waals surface area contributed by atoms with E-state index >= 15 is 0 Å². The van der Waals surface area contributed by atoms with E-state index in [4.69, 9.17) is 9.72 Å². The molecule has 1 atom stereocenters. The first kappa shape index (κ1) is 13.5. The summed E-state index contributed by atoms with van der Waals surface area (Å²) in [5.74, 6) is 0. The minimum absolute atomic E-state index is 0.155. The highest BCUT2D eigenvalue weighted by atomic mass is 79.9. The van der Waals surface area contributed by atoms with E-state index in [-0.39, 0.29) is 10.8 Å². The van der Waals surface area contributed by atoms with Crippen LogP contribution in [0.5, 0.6) is 0 Å². The molecule has 0 aliphatic carbocycles. The van der Waals surface area contributed by atoms with Gasteiger partial charge < -0.3 is 4.74 Å². The number of rotatable bonds is 3. The normalized spacial score (nSPS) is 25.4. The van der Waals surface area contributed by atoms with Crippen molar-refractivity contribution in [2.24, 2.45) is 5.41 Å². The molecule has 1 aromatic heterocycles. The van der Waals surface area contributed by atoms with Gasteiger partial charge in [0.1, 0.15) is 0 Å². The molecule has 0 N–H and O–H groups in total. The zero-order valence-electron chi connectivity index (χ0n) is 10.8. The summed E-state index contributed by atoms with van der Waals surface area (Å²) >= 11 is 5.42. The summed E-state index contributed by atoms with van der Waals surface area (Å²) in [6.07, 6.45) is 2.18. The first-order valence-corrected chi connectivity index (χ1v) is 8.04. The van der Waals surface area contributed by atoms with E-state index in [0.717, 1.165) is 31.4 Å². The molecule has 1 aliphatic heterocycles. The summed E-state index contributed by atoms with van der Waals surface area (Å²) in [5, 5.41) is 4.46. The lowest BCUT2D eigenvalue weighted by atomic mass is 9.86. The smallest absolute Gasteiger partial charge is 0.0935 e. The number of thiazole rings is 1. The van der Waals surface area contributed by atoms with Gasteiger partial charge in [0.15, 0.2) is 0 Å². The van der Waals surface area contributed by atoms with Crippen LogP contribution < -0.4 is 0 Å². The lowest BCUT2D eigenvalue weighted by molar-refractivity contribution is 0.162. The van der Waals surface area contributed by atoms with Crippen molar-refractivity contribution < 1.29 is 4.74 Å². The monoisotopic (exact) mass is 317 g/mol. The van der Waals surface area contributed by atoms with Crippen LogP contribution in [0.4, 0.5) is 0 Å². The van der Waals surface area contributed by atoms with Gasteiger partial charge in [0, 0.05) is 34.6 Å². The van der Waals surface area contributed by atoms with Gasteiger partial charge in [-0.1, -0.05) is 36.7 Å². The first-order valence-electron chi connectivity index (χ1n) is 6.04. The quantitative estimate of drug-likeness (QED) is 0.791. The molecule has 4 heteroatoms. The highest BCUT2D eigenvalue weighted by molar-refractivity contribution is 9.09. The second-order valence-electron chi connectivity index (χ2n) is 5.99. The number of alkyl halides is 1. The third-order valence-corrected chi connectivity index (χ3v) is 5.35. The van der Waals surface area contributed by atoms with E-state index in [1.807, 2.05) is 0 Å². The van der Waals surface area contributed by atoms with Gasteiger partial charge >= 0.3 is 0 Å². The zero-order valence-corrected chi connectivity index (χ0v) is 13.2. The summed E-state index contributed by atoms with van der Waals surface area (Å²) in [6.45, 7) is 8.39. The van der Waals surface area contributed by atoms with Crippen molar-refractivity contribution in [3.63, 3.8) is 0 Å². The summed E-state index contributed by atoms with van der Waals surface area (Å²) < 4.78 is 5.54. The van der Waals surface area contributed by atoms with Crippen molar-refractivity contribution in [3.05, 3.63) is 16.1 Å². The number of halogens is 1. The molecule has 1 fully saturated rings. The number of nitrogens with zero attached hydrogens (tertiary/aromatic N) is 1. The van der Waals surface area contributed by atoms with E-state index in [2.05, 4.69) is 42.1 Å². The summed E-state index contributed by atoms with van der Waals surface area (Å²) in [5.41, 5.74) is 1.64. The molecule has 17 heavy (non-hydrogen) atoms. The summed E-state index contributed by atoms with van der Waals surface area (Å²) in [6, 6.07) is 0. The average molecular weight is 318 g/mol. The van der Waals surface area contributed by atoms with Gasteiger partial charge in [0.05, 0.1) is 17.3 Å². The SMILES string of the molecule is CC(C)(C)c1csc(CC2(CBr)CCOC2)n1.